The number of hydrogen-bond donors (Lipinski definition) is 1. The van der Waals surface area contributed by atoms with Crippen LogP contribution in [0.4, 0.5) is 11.4 Å². The normalized spacial score (nSPS) is 15.5. The number of anilines is 1. The van der Waals surface area contributed by atoms with Crippen LogP contribution in [-0.4, -0.2) is 35.4 Å². The largest absolute Gasteiger partial charge is 0.376 e. The molecule has 0 unspecified atom stereocenters. The van der Waals surface area contributed by atoms with Crippen LogP contribution < -0.4 is 5.32 Å². The van der Waals surface area contributed by atoms with Crippen molar-refractivity contribution in [3.63, 3.8) is 0 Å². The maximum Gasteiger partial charge on any atom is 0.271 e. The number of amides is 1. The summed E-state index contributed by atoms with van der Waals surface area (Å²) < 4.78 is 0. The smallest absolute Gasteiger partial charge is 0.271 e. The third-order valence-electron chi connectivity index (χ3n) is 3.46. The second-order valence-electron chi connectivity index (χ2n) is 4.96. The number of hydrogen-bond acceptors (Lipinski definition) is 4. The summed E-state index contributed by atoms with van der Waals surface area (Å²) in [7, 11) is 0. The van der Waals surface area contributed by atoms with E-state index in [-0.39, 0.29) is 18.1 Å². The molecule has 6 nitrogen and oxygen atoms in total. The molecule has 0 atom stereocenters. The molecule has 1 saturated heterocycles. The van der Waals surface area contributed by atoms with Crippen molar-refractivity contribution < 1.29 is 9.72 Å². The average Bonchev–Trinajstić information content (AvgIpc) is 2.74. The molecule has 6 heteroatoms. The highest BCUT2D eigenvalue weighted by atomic mass is 16.6. The molecule has 1 fully saturated rings. The van der Waals surface area contributed by atoms with E-state index in [0.717, 1.165) is 25.9 Å². The third-order valence-corrected chi connectivity index (χ3v) is 3.46. The van der Waals surface area contributed by atoms with E-state index in [4.69, 9.17) is 0 Å². The standard InChI is InChI=1S/C14H19N3O3/c18-14(16-8-3-1-2-4-9-16)11-15-12-6-5-7-13(10-12)17(19)20/h5-7,10,15H,1-4,8-9,11H2. The molecule has 20 heavy (non-hydrogen) atoms. The number of nitro groups is 1. The molecule has 1 aliphatic heterocycles. The Labute approximate surface area is 117 Å². The van der Waals surface area contributed by atoms with Crippen LogP contribution in [0.2, 0.25) is 0 Å². The van der Waals surface area contributed by atoms with Crippen LogP contribution in [0.1, 0.15) is 25.7 Å². The van der Waals surface area contributed by atoms with Gasteiger partial charge in [0, 0.05) is 30.9 Å². The minimum absolute atomic E-state index is 0.0252. The zero-order valence-corrected chi connectivity index (χ0v) is 11.4. The first kappa shape index (κ1) is 14.3. The van der Waals surface area contributed by atoms with Crippen LogP contribution in [0.15, 0.2) is 24.3 Å². The fourth-order valence-electron chi connectivity index (χ4n) is 2.34. The first-order chi connectivity index (χ1) is 9.66. The summed E-state index contributed by atoms with van der Waals surface area (Å²) in [5.41, 5.74) is 0.625. The van der Waals surface area contributed by atoms with Gasteiger partial charge in [-0.2, -0.15) is 0 Å². The van der Waals surface area contributed by atoms with Crippen LogP contribution in [0.5, 0.6) is 0 Å². The summed E-state index contributed by atoms with van der Waals surface area (Å²) in [6.45, 7) is 1.81. The van der Waals surface area contributed by atoms with E-state index in [1.807, 2.05) is 4.90 Å². The molecule has 2 rings (SSSR count). The summed E-state index contributed by atoms with van der Waals surface area (Å²) in [6.07, 6.45) is 4.48. The molecule has 1 aromatic rings. The van der Waals surface area contributed by atoms with Crippen molar-refractivity contribution in [3.05, 3.63) is 34.4 Å². The highest BCUT2D eigenvalue weighted by molar-refractivity contribution is 5.81. The minimum atomic E-state index is -0.443. The summed E-state index contributed by atoms with van der Waals surface area (Å²) in [4.78, 5) is 24.2. The van der Waals surface area contributed by atoms with Gasteiger partial charge >= 0.3 is 0 Å². The summed E-state index contributed by atoms with van der Waals surface area (Å²) >= 11 is 0. The van der Waals surface area contributed by atoms with Gasteiger partial charge in [-0.3, -0.25) is 14.9 Å². The van der Waals surface area contributed by atoms with Crippen LogP contribution >= 0.6 is 0 Å². The van der Waals surface area contributed by atoms with Crippen molar-refractivity contribution in [3.8, 4) is 0 Å². The molecule has 0 aliphatic carbocycles. The van der Waals surface area contributed by atoms with Crippen LogP contribution in [0, 0.1) is 10.1 Å². The zero-order valence-electron chi connectivity index (χ0n) is 11.4. The Hall–Kier alpha value is -2.11. The lowest BCUT2D eigenvalue weighted by Crippen LogP contribution is -2.36. The van der Waals surface area contributed by atoms with Gasteiger partial charge < -0.3 is 10.2 Å². The van der Waals surface area contributed by atoms with Crippen molar-refractivity contribution in [2.24, 2.45) is 0 Å². The first-order valence-corrected chi connectivity index (χ1v) is 6.93. The Kier molecular flexibility index (Phi) is 4.92. The highest BCUT2D eigenvalue weighted by Crippen LogP contribution is 2.17. The fraction of sp³-hybridized carbons (Fsp3) is 0.500. The van der Waals surface area contributed by atoms with Crippen LogP contribution in [0.3, 0.4) is 0 Å². The molecule has 0 bridgehead atoms. The van der Waals surface area contributed by atoms with Crippen molar-refractivity contribution in [2.45, 2.75) is 25.7 Å². The minimum Gasteiger partial charge on any atom is -0.376 e. The predicted octanol–water partition coefficient (Wildman–Crippen LogP) is 2.41. The van der Waals surface area contributed by atoms with Gasteiger partial charge in [-0.05, 0) is 18.9 Å². The lowest BCUT2D eigenvalue weighted by Gasteiger charge is -2.20. The molecule has 0 saturated carbocycles. The molecular weight excluding hydrogens is 258 g/mol. The molecular formula is C14H19N3O3. The van der Waals surface area contributed by atoms with E-state index in [9.17, 15) is 14.9 Å². The van der Waals surface area contributed by atoms with Crippen LogP contribution in [0.25, 0.3) is 0 Å². The lowest BCUT2D eigenvalue weighted by molar-refractivity contribution is -0.384. The van der Waals surface area contributed by atoms with Crippen molar-refractivity contribution >= 4 is 17.3 Å². The fourth-order valence-corrected chi connectivity index (χ4v) is 2.34. The molecule has 1 heterocycles. The van der Waals surface area contributed by atoms with Gasteiger partial charge in [-0.25, -0.2) is 0 Å². The number of likely N-dealkylation sites (tertiary alicyclic amines) is 1. The summed E-state index contributed by atoms with van der Waals surface area (Å²) in [5.74, 6) is 0.0541. The Balaban J connectivity index is 1.89. The molecule has 1 N–H and O–H groups in total. The molecule has 108 valence electrons. The van der Waals surface area contributed by atoms with Gasteiger partial charge in [-0.15, -0.1) is 0 Å². The molecule has 1 aromatic carbocycles. The van der Waals surface area contributed by atoms with E-state index >= 15 is 0 Å². The number of benzene rings is 1. The van der Waals surface area contributed by atoms with E-state index in [2.05, 4.69) is 5.32 Å². The summed E-state index contributed by atoms with van der Waals surface area (Å²) in [6, 6.07) is 6.21. The molecule has 0 radical (unpaired) electrons. The number of nitro benzene ring substituents is 1. The predicted molar refractivity (Wildman–Crippen MR) is 76.6 cm³/mol. The lowest BCUT2D eigenvalue weighted by atomic mass is 10.2. The SMILES string of the molecule is O=C(CNc1cccc([N+](=O)[O-])c1)N1CCCCCC1. The molecule has 0 aromatic heterocycles. The zero-order chi connectivity index (χ0) is 14.4. The van der Waals surface area contributed by atoms with Crippen molar-refractivity contribution in [1.29, 1.82) is 0 Å². The van der Waals surface area contributed by atoms with E-state index in [0.29, 0.717) is 5.69 Å². The number of nitrogens with zero attached hydrogens (tertiary/aromatic N) is 2. The van der Waals surface area contributed by atoms with Gasteiger partial charge in [0.05, 0.1) is 11.5 Å². The van der Waals surface area contributed by atoms with Gasteiger partial charge in [0.25, 0.3) is 5.69 Å². The quantitative estimate of drug-likeness (QED) is 0.677. The Morgan fingerprint density at radius 3 is 2.60 bits per heavy atom. The maximum atomic E-state index is 12.1. The average molecular weight is 277 g/mol. The molecule has 1 aliphatic rings. The molecule has 1 amide bonds. The van der Waals surface area contributed by atoms with Gasteiger partial charge in [0.2, 0.25) is 5.91 Å². The first-order valence-electron chi connectivity index (χ1n) is 6.93. The van der Waals surface area contributed by atoms with Crippen molar-refractivity contribution in [1.82, 2.24) is 4.90 Å². The number of non-ortho nitro benzene ring substituents is 1. The van der Waals surface area contributed by atoms with Crippen molar-refractivity contribution in [2.75, 3.05) is 25.0 Å². The Morgan fingerprint density at radius 1 is 1.25 bits per heavy atom. The van der Waals surface area contributed by atoms with Gasteiger partial charge in [0.15, 0.2) is 0 Å². The second kappa shape index (κ2) is 6.88. The number of rotatable bonds is 4. The highest BCUT2D eigenvalue weighted by Gasteiger charge is 2.15. The van der Waals surface area contributed by atoms with E-state index in [1.54, 1.807) is 12.1 Å². The molecule has 0 spiro atoms. The monoisotopic (exact) mass is 277 g/mol. The topological polar surface area (TPSA) is 75.5 Å². The Morgan fingerprint density at radius 2 is 1.95 bits per heavy atom. The van der Waals surface area contributed by atoms with Gasteiger partial charge in [-0.1, -0.05) is 18.9 Å². The van der Waals surface area contributed by atoms with E-state index in [1.165, 1.54) is 25.0 Å². The van der Waals surface area contributed by atoms with E-state index < -0.39 is 4.92 Å². The van der Waals surface area contributed by atoms with Gasteiger partial charge in [0.1, 0.15) is 0 Å². The summed E-state index contributed by atoms with van der Waals surface area (Å²) in [5, 5.41) is 13.6. The second-order valence-corrected chi connectivity index (χ2v) is 4.96. The third kappa shape index (κ3) is 3.94. The number of carbonyl (C=O) groups excluding carboxylic acids is 1. The van der Waals surface area contributed by atoms with Crippen LogP contribution in [-0.2, 0) is 4.79 Å². The maximum absolute atomic E-state index is 12.1. The number of carbonyl (C=O) groups is 1. The number of nitrogens with one attached hydrogen (secondary N) is 1. The Bertz CT molecular complexity index is 482.